The van der Waals surface area contributed by atoms with Crippen LogP contribution in [0.2, 0.25) is 0 Å². The molecule has 0 unspecified atom stereocenters. The van der Waals surface area contributed by atoms with E-state index in [0.29, 0.717) is 12.4 Å². The number of rotatable bonds is 7. The standard InChI is InChI=1S/C27H24N6O/c1-2-3-9-23-19-33(22-10-5-4-6-11-22)27(34)32(23)18-20-14-16-21(17-15-20)24-12-7-8-13-25(24)26-28-30-31-29-26/h3-17,19H,2,18H2,1H3,(H,28,29,30,31)/b9-3+. The van der Waals surface area contributed by atoms with Crippen LogP contribution in [0.1, 0.15) is 24.6 Å². The number of nitrogens with one attached hydrogen (secondary N) is 1. The Morgan fingerprint density at radius 1 is 0.912 bits per heavy atom. The van der Waals surface area contributed by atoms with Crippen LogP contribution in [0.3, 0.4) is 0 Å². The number of hydrogen-bond acceptors (Lipinski definition) is 4. The zero-order valence-electron chi connectivity index (χ0n) is 18.8. The lowest BCUT2D eigenvalue weighted by Crippen LogP contribution is -2.24. The lowest BCUT2D eigenvalue weighted by atomic mass is 9.98. The fourth-order valence-corrected chi connectivity index (χ4v) is 3.98. The molecule has 5 rings (SSSR count). The zero-order chi connectivity index (χ0) is 23.3. The summed E-state index contributed by atoms with van der Waals surface area (Å²) in [5.41, 5.74) is 5.69. The molecule has 7 nitrogen and oxygen atoms in total. The van der Waals surface area contributed by atoms with E-state index in [9.17, 15) is 4.79 Å². The summed E-state index contributed by atoms with van der Waals surface area (Å²) in [6.45, 7) is 2.56. The minimum atomic E-state index is -0.0616. The second kappa shape index (κ2) is 9.54. The Morgan fingerprint density at radius 2 is 1.65 bits per heavy atom. The number of benzene rings is 3. The molecule has 3 aromatic carbocycles. The van der Waals surface area contributed by atoms with Crippen LogP contribution in [-0.2, 0) is 6.54 Å². The minimum Gasteiger partial charge on any atom is -0.288 e. The maximum atomic E-state index is 13.3. The van der Waals surface area contributed by atoms with Gasteiger partial charge in [0.05, 0.1) is 17.9 Å². The van der Waals surface area contributed by atoms with Gasteiger partial charge in [0.15, 0.2) is 0 Å². The highest BCUT2D eigenvalue weighted by Gasteiger charge is 2.13. The lowest BCUT2D eigenvalue weighted by molar-refractivity contribution is 0.737. The Balaban J connectivity index is 1.48. The second-order valence-electron chi connectivity index (χ2n) is 7.92. The Hall–Kier alpha value is -4.52. The van der Waals surface area contributed by atoms with Crippen molar-refractivity contribution in [2.45, 2.75) is 19.9 Å². The summed E-state index contributed by atoms with van der Waals surface area (Å²) in [7, 11) is 0. The predicted octanol–water partition coefficient (Wildman–Crippen LogP) is 4.96. The third-order valence-corrected chi connectivity index (χ3v) is 5.69. The van der Waals surface area contributed by atoms with E-state index in [-0.39, 0.29) is 5.69 Å². The molecule has 7 heteroatoms. The molecule has 0 fully saturated rings. The van der Waals surface area contributed by atoms with Gasteiger partial charge in [0.1, 0.15) is 0 Å². The van der Waals surface area contributed by atoms with Crippen LogP contribution in [0.5, 0.6) is 0 Å². The molecule has 0 aliphatic carbocycles. The van der Waals surface area contributed by atoms with Crippen molar-refractivity contribution in [2.24, 2.45) is 0 Å². The number of aromatic amines is 1. The average molecular weight is 449 g/mol. The molecular weight excluding hydrogens is 424 g/mol. The normalized spacial score (nSPS) is 11.3. The highest BCUT2D eigenvalue weighted by atomic mass is 16.1. The van der Waals surface area contributed by atoms with Crippen molar-refractivity contribution in [3.8, 4) is 28.2 Å². The average Bonchev–Trinajstić information content (AvgIpc) is 3.53. The van der Waals surface area contributed by atoms with Gasteiger partial charge in [-0.25, -0.2) is 4.79 Å². The van der Waals surface area contributed by atoms with Gasteiger partial charge in [0.25, 0.3) is 0 Å². The van der Waals surface area contributed by atoms with E-state index in [1.165, 1.54) is 0 Å². The zero-order valence-corrected chi connectivity index (χ0v) is 18.8. The van der Waals surface area contributed by atoms with Crippen LogP contribution in [0.25, 0.3) is 34.3 Å². The number of para-hydroxylation sites is 1. The van der Waals surface area contributed by atoms with E-state index >= 15 is 0 Å². The number of nitrogens with zero attached hydrogens (tertiary/aromatic N) is 5. The van der Waals surface area contributed by atoms with Gasteiger partial charge in [0, 0.05) is 11.8 Å². The van der Waals surface area contributed by atoms with E-state index in [1.807, 2.05) is 66.9 Å². The van der Waals surface area contributed by atoms with Crippen LogP contribution in [0, 0.1) is 0 Å². The molecule has 0 saturated carbocycles. The van der Waals surface area contributed by atoms with E-state index in [2.05, 4.69) is 57.9 Å². The molecule has 0 amide bonds. The quantitative estimate of drug-likeness (QED) is 0.382. The van der Waals surface area contributed by atoms with Crippen LogP contribution in [-0.4, -0.2) is 29.8 Å². The summed E-state index contributed by atoms with van der Waals surface area (Å²) in [6, 6.07) is 25.9. The summed E-state index contributed by atoms with van der Waals surface area (Å²) >= 11 is 0. The Bertz CT molecular complexity index is 1460. The molecule has 2 heterocycles. The minimum absolute atomic E-state index is 0.0616. The molecule has 168 valence electrons. The van der Waals surface area contributed by atoms with Crippen molar-refractivity contribution in [1.82, 2.24) is 29.8 Å². The van der Waals surface area contributed by atoms with E-state index in [1.54, 1.807) is 9.13 Å². The third-order valence-electron chi connectivity index (χ3n) is 5.69. The van der Waals surface area contributed by atoms with Crippen LogP contribution in [0.4, 0.5) is 0 Å². The van der Waals surface area contributed by atoms with E-state index < -0.39 is 0 Å². The van der Waals surface area contributed by atoms with Gasteiger partial charge in [0.2, 0.25) is 5.82 Å². The van der Waals surface area contributed by atoms with Gasteiger partial charge in [-0.05, 0) is 46.5 Å². The van der Waals surface area contributed by atoms with Gasteiger partial charge in [-0.15, -0.1) is 10.2 Å². The second-order valence-corrected chi connectivity index (χ2v) is 7.92. The van der Waals surface area contributed by atoms with E-state index in [4.69, 9.17) is 0 Å². The van der Waals surface area contributed by atoms with Crippen molar-refractivity contribution in [3.63, 3.8) is 0 Å². The highest BCUT2D eigenvalue weighted by molar-refractivity contribution is 5.80. The van der Waals surface area contributed by atoms with Gasteiger partial charge in [-0.1, -0.05) is 79.7 Å². The van der Waals surface area contributed by atoms with Gasteiger partial charge >= 0.3 is 5.69 Å². The number of imidazole rings is 1. The Morgan fingerprint density at radius 3 is 2.35 bits per heavy atom. The van der Waals surface area contributed by atoms with Gasteiger partial charge in [-0.3, -0.25) is 9.13 Å². The summed E-state index contributed by atoms with van der Waals surface area (Å²) in [5.74, 6) is 0.556. The van der Waals surface area contributed by atoms with Crippen molar-refractivity contribution in [2.75, 3.05) is 0 Å². The molecule has 0 aliphatic rings. The Kier molecular flexibility index (Phi) is 5.99. The molecule has 5 aromatic rings. The van der Waals surface area contributed by atoms with Crippen LogP contribution >= 0.6 is 0 Å². The molecule has 0 aliphatic heterocycles. The Labute approximate surface area is 197 Å². The molecule has 1 N–H and O–H groups in total. The summed E-state index contributed by atoms with van der Waals surface area (Å²) < 4.78 is 3.51. The molecule has 0 spiro atoms. The molecule has 0 radical (unpaired) electrons. The first-order valence-corrected chi connectivity index (χ1v) is 11.2. The van der Waals surface area contributed by atoms with Gasteiger partial charge in [-0.2, -0.15) is 5.21 Å². The number of H-pyrrole nitrogens is 1. The SMILES string of the molecule is CC/C=C/c1cn(-c2ccccc2)c(=O)n1Cc1ccc(-c2ccccc2-c2nn[nH]n2)cc1. The number of tetrazole rings is 1. The van der Waals surface area contributed by atoms with E-state index in [0.717, 1.165) is 40.1 Å². The topological polar surface area (TPSA) is 81.4 Å². The smallest absolute Gasteiger partial charge is 0.288 e. The van der Waals surface area contributed by atoms with Gasteiger partial charge < -0.3 is 0 Å². The molecule has 0 atom stereocenters. The first-order chi connectivity index (χ1) is 16.7. The van der Waals surface area contributed by atoms with Crippen molar-refractivity contribution < 1.29 is 0 Å². The molecular formula is C27H24N6O. The maximum absolute atomic E-state index is 13.3. The largest absolute Gasteiger partial charge is 0.333 e. The molecule has 0 bridgehead atoms. The summed E-state index contributed by atoms with van der Waals surface area (Å²) in [4.78, 5) is 13.3. The number of aromatic nitrogens is 6. The number of hydrogen-bond donors (Lipinski definition) is 1. The maximum Gasteiger partial charge on any atom is 0.333 e. The highest BCUT2D eigenvalue weighted by Crippen LogP contribution is 2.29. The van der Waals surface area contributed by atoms with Crippen molar-refractivity contribution in [1.29, 1.82) is 0 Å². The molecule has 0 saturated heterocycles. The van der Waals surface area contributed by atoms with Crippen LogP contribution < -0.4 is 5.69 Å². The molecule has 2 aromatic heterocycles. The monoisotopic (exact) mass is 448 g/mol. The predicted molar refractivity (Wildman–Crippen MR) is 134 cm³/mol. The lowest BCUT2D eigenvalue weighted by Gasteiger charge is -2.09. The fraction of sp³-hybridized carbons (Fsp3) is 0.111. The number of allylic oxidation sites excluding steroid dienone is 1. The van der Waals surface area contributed by atoms with Crippen molar-refractivity contribution >= 4 is 6.08 Å². The summed E-state index contributed by atoms with van der Waals surface area (Å²) in [6.07, 6.45) is 6.88. The fourth-order valence-electron chi connectivity index (χ4n) is 3.98. The van der Waals surface area contributed by atoms with Crippen molar-refractivity contribution in [3.05, 3.63) is 113 Å². The first kappa shape index (κ1) is 21.3. The van der Waals surface area contributed by atoms with Crippen LogP contribution in [0.15, 0.2) is 95.9 Å². The first-order valence-electron chi connectivity index (χ1n) is 11.2. The summed E-state index contributed by atoms with van der Waals surface area (Å²) in [5, 5.41) is 14.4. The third kappa shape index (κ3) is 4.23. The molecule has 34 heavy (non-hydrogen) atoms.